The van der Waals surface area contributed by atoms with Gasteiger partial charge in [0.2, 0.25) is 5.91 Å². The predicted molar refractivity (Wildman–Crippen MR) is 98.7 cm³/mol. The molecule has 0 aromatic heterocycles. The lowest BCUT2D eigenvalue weighted by molar-refractivity contribution is -0.124. The second-order valence-electron chi connectivity index (χ2n) is 8.26. The highest BCUT2D eigenvalue weighted by molar-refractivity contribution is 6.00. The van der Waals surface area contributed by atoms with Crippen molar-refractivity contribution in [2.45, 2.75) is 24.9 Å². The van der Waals surface area contributed by atoms with E-state index in [2.05, 4.69) is 10.2 Å². The lowest BCUT2D eigenvalue weighted by atomic mass is 9.84. The number of ketones is 1. The molecule has 1 aromatic carbocycles. The first-order chi connectivity index (χ1) is 13.2. The Kier molecular flexibility index (Phi) is 4.20. The average molecular weight is 370 g/mol. The van der Waals surface area contributed by atoms with Crippen molar-refractivity contribution in [2.75, 3.05) is 39.4 Å². The molecular weight excluding hydrogens is 344 g/mol. The normalized spacial score (nSPS) is 34.7. The average Bonchev–Trinajstić information content (AvgIpc) is 3.34. The van der Waals surface area contributed by atoms with Crippen LogP contribution in [0.3, 0.4) is 0 Å². The van der Waals surface area contributed by atoms with Crippen LogP contribution in [-0.4, -0.2) is 61.6 Å². The highest BCUT2D eigenvalue weighted by atomic mass is 16.5. The number of fused-ring (bicyclic) bond motifs is 3. The third-order valence-electron chi connectivity index (χ3n) is 6.77. The van der Waals surface area contributed by atoms with Crippen LogP contribution in [0.5, 0.6) is 5.75 Å². The molecular formula is C21H26N2O4. The van der Waals surface area contributed by atoms with Crippen molar-refractivity contribution < 1.29 is 19.1 Å². The van der Waals surface area contributed by atoms with Crippen LogP contribution in [0.4, 0.5) is 0 Å². The molecule has 1 spiro atoms. The second-order valence-corrected chi connectivity index (χ2v) is 8.26. The number of carbonyl (C=O) groups is 2. The highest BCUT2D eigenvalue weighted by Crippen LogP contribution is 2.65. The molecule has 2 aliphatic heterocycles. The fraction of sp³-hybridized carbons (Fsp3) is 0.619. The van der Waals surface area contributed by atoms with Gasteiger partial charge in [0.25, 0.3) is 0 Å². The van der Waals surface area contributed by atoms with Gasteiger partial charge in [0.15, 0.2) is 5.78 Å². The van der Waals surface area contributed by atoms with E-state index in [4.69, 9.17) is 9.47 Å². The van der Waals surface area contributed by atoms with E-state index in [0.29, 0.717) is 30.2 Å². The molecule has 2 aliphatic carbocycles. The fourth-order valence-corrected chi connectivity index (χ4v) is 5.40. The maximum atomic E-state index is 12.7. The maximum Gasteiger partial charge on any atom is 0.223 e. The summed E-state index contributed by atoms with van der Waals surface area (Å²) in [6, 6.07) is 7.48. The summed E-state index contributed by atoms with van der Waals surface area (Å²) in [4.78, 5) is 27.7. The molecule has 1 amide bonds. The molecule has 6 nitrogen and oxygen atoms in total. The van der Waals surface area contributed by atoms with E-state index in [1.807, 2.05) is 24.3 Å². The number of rotatable bonds is 4. The summed E-state index contributed by atoms with van der Waals surface area (Å²) < 4.78 is 11.7. The summed E-state index contributed by atoms with van der Waals surface area (Å²) in [5, 5.41) is 3.11. The van der Waals surface area contributed by atoms with E-state index in [9.17, 15) is 9.59 Å². The van der Waals surface area contributed by atoms with Crippen LogP contribution in [-0.2, 0) is 9.53 Å². The molecule has 4 unspecified atom stereocenters. The molecule has 0 bridgehead atoms. The molecule has 4 atom stereocenters. The molecule has 0 radical (unpaired) electrons. The van der Waals surface area contributed by atoms with E-state index in [-0.39, 0.29) is 23.5 Å². The van der Waals surface area contributed by atoms with Crippen molar-refractivity contribution in [1.82, 2.24) is 10.2 Å². The van der Waals surface area contributed by atoms with Gasteiger partial charge in [0.1, 0.15) is 11.4 Å². The third kappa shape index (κ3) is 2.95. The summed E-state index contributed by atoms with van der Waals surface area (Å²) in [5.41, 5.74) is 0.209. The van der Waals surface area contributed by atoms with Crippen molar-refractivity contribution in [3.05, 3.63) is 29.8 Å². The number of nitrogens with zero attached hydrogens (tertiary/aromatic N) is 1. The van der Waals surface area contributed by atoms with Crippen LogP contribution in [0.25, 0.3) is 0 Å². The molecule has 1 aromatic rings. The molecule has 1 saturated heterocycles. The molecule has 144 valence electrons. The van der Waals surface area contributed by atoms with Crippen molar-refractivity contribution >= 4 is 11.7 Å². The van der Waals surface area contributed by atoms with E-state index in [1.54, 1.807) is 0 Å². The Morgan fingerprint density at radius 3 is 2.93 bits per heavy atom. The summed E-state index contributed by atoms with van der Waals surface area (Å²) >= 11 is 0. The van der Waals surface area contributed by atoms with Gasteiger partial charge in [0, 0.05) is 38.0 Å². The number of nitrogens with one attached hydrogen (secondary N) is 1. The molecule has 3 fully saturated rings. The zero-order valence-electron chi connectivity index (χ0n) is 15.5. The van der Waals surface area contributed by atoms with Gasteiger partial charge in [-0.1, -0.05) is 12.1 Å². The van der Waals surface area contributed by atoms with Gasteiger partial charge >= 0.3 is 0 Å². The zero-order valence-corrected chi connectivity index (χ0v) is 15.5. The molecule has 5 rings (SSSR count). The van der Waals surface area contributed by atoms with Crippen molar-refractivity contribution in [2.24, 2.45) is 17.8 Å². The van der Waals surface area contributed by atoms with Crippen LogP contribution in [0.15, 0.2) is 24.3 Å². The number of Topliss-reactive ketones (excluding diaryl/α,β-unsaturated/α-hetero) is 1. The van der Waals surface area contributed by atoms with Crippen molar-refractivity contribution in [3.63, 3.8) is 0 Å². The molecule has 6 heteroatoms. The Labute approximate surface area is 159 Å². The number of morpholine rings is 1. The zero-order chi connectivity index (χ0) is 18.4. The summed E-state index contributed by atoms with van der Waals surface area (Å²) in [6.45, 7) is 4.95. The van der Waals surface area contributed by atoms with Crippen LogP contribution >= 0.6 is 0 Å². The van der Waals surface area contributed by atoms with Crippen molar-refractivity contribution in [3.8, 4) is 5.75 Å². The third-order valence-corrected chi connectivity index (χ3v) is 6.77. The van der Waals surface area contributed by atoms with Crippen molar-refractivity contribution in [1.29, 1.82) is 0 Å². The summed E-state index contributed by atoms with van der Waals surface area (Å²) in [7, 11) is 0. The standard InChI is InChI=1S/C21H26N2O4/c24-16-13-21(27-17-4-2-1-3-14(16)17)6-5-15-18(19(15)21)20(25)22-7-8-23-9-11-26-12-10-23/h1-4,15,18-19H,5-13H2,(H,22,25). The Balaban J connectivity index is 1.21. The predicted octanol–water partition coefficient (Wildman–Crippen LogP) is 1.49. The minimum atomic E-state index is -0.470. The number of amides is 1. The van der Waals surface area contributed by atoms with Gasteiger partial charge in [-0.25, -0.2) is 0 Å². The Morgan fingerprint density at radius 1 is 1.26 bits per heavy atom. The van der Waals surface area contributed by atoms with E-state index in [1.165, 1.54) is 0 Å². The van der Waals surface area contributed by atoms with Gasteiger partial charge in [-0.3, -0.25) is 14.5 Å². The molecule has 27 heavy (non-hydrogen) atoms. The molecule has 4 aliphatic rings. The van der Waals surface area contributed by atoms with Gasteiger partial charge in [-0.15, -0.1) is 0 Å². The Morgan fingerprint density at radius 2 is 2.07 bits per heavy atom. The van der Waals surface area contributed by atoms with Gasteiger partial charge in [-0.2, -0.15) is 0 Å². The lowest BCUT2D eigenvalue weighted by Crippen LogP contribution is -2.45. The lowest BCUT2D eigenvalue weighted by Gasteiger charge is -2.37. The monoisotopic (exact) mass is 370 g/mol. The largest absolute Gasteiger partial charge is 0.486 e. The fourth-order valence-electron chi connectivity index (χ4n) is 5.40. The first-order valence-electron chi connectivity index (χ1n) is 10.1. The summed E-state index contributed by atoms with van der Waals surface area (Å²) in [5.74, 6) is 1.52. The van der Waals surface area contributed by atoms with Crippen LogP contribution in [0.1, 0.15) is 29.6 Å². The number of carbonyl (C=O) groups excluding carboxylic acids is 2. The first-order valence-corrected chi connectivity index (χ1v) is 10.1. The Hall–Kier alpha value is -1.92. The first kappa shape index (κ1) is 17.2. The topological polar surface area (TPSA) is 67.9 Å². The minimum Gasteiger partial charge on any atom is -0.486 e. The SMILES string of the molecule is O=C1CC2(CCC3C(C(=O)NCCN4CCOCC4)C32)Oc2ccccc21. The molecule has 1 N–H and O–H groups in total. The van der Waals surface area contributed by atoms with Crippen LogP contribution < -0.4 is 10.1 Å². The number of hydrogen-bond donors (Lipinski definition) is 1. The van der Waals surface area contributed by atoms with E-state index >= 15 is 0 Å². The Bertz CT molecular complexity index is 760. The minimum absolute atomic E-state index is 0.00139. The van der Waals surface area contributed by atoms with E-state index in [0.717, 1.165) is 45.7 Å². The number of ether oxygens (including phenoxy) is 2. The number of hydrogen-bond acceptors (Lipinski definition) is 5. The van der Waals surface area contributed by atoms with Gasteiger partial charge in [0.05, 0.1) is 25.2 Å². The smallest absolute Gasteiger partial charge is 0.223 e. The highest BCUT2D eigenvalue weighted by Gasteiger charge is 2.70. The van der Waals surface area contributed by atoms with Gasteiger partial charge in [-0.05, 0) is 30.9 Å². The maximum absolute atomic E-state index is 12.7. The molecule has 2 heterocycles. The van der Waals surface area contributed by atoms with Crippen LogP contribution in [0, 0.1) is 17.8 Å². The van der Waals surface area contributed by atoms with Crippen LogP contribution in [0.2, 0.25) is 0 Å². The number of para-hydroxylation sites is 1. The summed E-state index contributed by atoms with van der Waals surface area (Å²) in [6.07, 6.45) is 2.25. The second kappa shape index (κ2) is 6.60. The molecule has 2 saturated carbocycles. The quantitative estimate of drug-likeness (QED) is 0.870. The van der Waals surface area contributed by atoms with E-state index < -0.39 is 5.60 Å². The van der Waals surface area contributed by atoms with Gasteiger partial charge < -0.3 is 14.8 Å². The number of benzene rings is 1.